The van der Waals surface area contributed by atoms with Crippen molar-refractivity contribution in [3.63, 3.8) is 0 Å². The smallest absolute Gasteiger partial charge is 0.198 e. The summed E-state index contributed by atoms with van der Waals surface area (Å²) in [5.41, 5.74) is 6.64. The molecule has 28 heavy (non-hydrogen) atoms. The van der Waals surface area contributed by atoms with Crippen LogP contribution in [0.3, 0.4) is 0 Å². The van der Waals surface area contributed by atoms with Gasteiger partial charge in [-0.3, -0.25) is 0 Å². The van der Waals surface area contributed by atoms with Gasteiger partial charge in [0.05, 0.1) is 5.41 Å². The molecule has 1 aliphatic rings. The summed E-state index contributed by atoms with van der Waals surface area (Å²) in [7, 11) is 2.20. The summed E-state index contributed by atoms with van der Waals surface area (Å²) in [6, 6.07) is 23.8. The zero-order chi connectivity index (χ0) is 19.7. The van der Waals surface area contributed by atoms with E-state index in [4.69, 9.17) is 0 Å². The number of allylic oxidation sites excluding steroid dienone is 3. The summed E-state index contributed by atoms with van der Waals surface area (Å²) in [6.07, 6.45) is 7.92. The van der Waals surface area contributed by atoms with Crippen LogP contribution >= 0.6 is 0 Å². The lowest BCUT2D eigenvalue weighted by Crippen LogP contribution is -2.30. The van der Waals surface area contributed by atoms with Gasteiger partial charge < -0.3 is 0 Å². The normalized spacial score (nSPS) is 18.7. The van der Waals surface area contributed by atoms with Crippen LogP contribution in [-0.4, -0.2) is 17.3 Å². The topological polar surface area (TPSA) is 3.01 Å². The Kier molecular flexibility index (Phi) is 4.77. The fourth-order valence-electron chi connectivity index (χ4n) is 4.40. The SMILES string of the molecule is CC(C)=CCC1(C)C(/C=C/c2ccccc2)=[N+](C)c2ccc3ccccc3c21. The molecule has 0 amide bonds. The van der Waals surface area contributed by atoms with E-state index in [0.29, 0.717) is 0 Å². The molecule has 1 heterocycles. The monoisotopic (exact) mass is 366 g/mol. The molecule has 1 nitrogen and oxygen atoms in total. The number of fused-ring (bicyclic) bond motifs is 3. The molecule has 0 aromatic heterocycles. The van der Waals surface area contributed by atoms with Crippen LogP contribution in [0, 0.1) is 0 Å². The number of hydrogen-bond acceptors (Lipinski definition) is 0. The van der Waals surface area contributed by atoms with Crippen molar-refractivity contribution in [1.82, 2.24) is 0 Å². The number of hydrogen-bond donors (Lipinski definition) is 0. The Hall–Kier alpha value is -2.93. The van der Waals surface area contributed by atoms with Crippen LogP contribution in [0.4, 0.5) is 5.69 Å². The largest absolute Gasteiger partial charge is 0.210 e. The fraction of sp³-hybridized carbons (Fsp3) is 0.222. The van der Waals surface area contributed by atoms with Crippen LogP contribution in [0.1, 0.15) is 38.3 Å². The van der Waals surface area contributed by atoms with Gasteiger partial charge in [0.2, 0.25) is 5.69 Å². The molecule has 140 valence electrons. The first kappa shape index (κ1) is 18.4. The minimum atomic E-state index is -0.0620. The van der Waals surface area contributed by atoms with E-state index in [0.717, 1.165) is 6.42 Å². The minimum absolute atomic E-state index is 0.0620. The second kappa shape index (κ2) is 7.24. The van der Waals surface area contributed by atoms with Crippen LogP contribution in [0.25, 0.3) is 16.8 Å². The zero-order valence-electron chi connectivity index (χ0n) is 17.2. The molecule has 0 N–H and O–H groups in total. The quantitative estimate of drug-likeness (QED) is 0.349. The number of benzene rings is 3. The van der Waals surface area contributed by atoms with Crippen molar-refractivity contribution in [3.05, 3.63) is 95.6 Å². The average Bonchev–Trinajstić information content (AvgIpc) is 2.93. The summed E-state index contributed by atoms with van der Waals surface area (Å²) >= 11 is 0. The Morgan fingerprint density at radius 3 is 2.36 bits per heavy atom. The molecular formula is C27H28N+. The third-order valence-electron chi connectivity index (χ3n) is 5.90. The van der Waals surface area contributed by atoms with Gasteiger partial charge in [0.25, 0.3) is 0 Å². The van der Waals surface area contributed by atoms with E-state index in [1.165, 1.54) is 38.9 Å². The first-order chi connectivity index (χ1) is 13.5. The average molecular weight is 367 g/mol. The van der Waals surface area contributed by atoms with Gasteiger partial charge in [-0.2, -0.15) is 4.58 Å². The lowest BCUT2D eigenvalue weighted by Gasteiger charge is -2.22. The van der Waals surface area contributed by atoms with E-state index < -0.39 is 0 Å². The Balaban J connectivity index is 1.91. The molecule has 0 saturated carbocycles. The third-order valence-corrected chi connectivity index (χ3v) is 5.90. The van der Waals surface area contributed by atoms with E-state index in [1.54, 1.807) is 0 Å². The van der Waals surface area contributed by atoms with Gasteiger partial charge in [0, 0.05) is 17.7 Å². The zero-order valence-corrected chi connectivity index (χ0v) is 17.2. The van der Waals surface area contributed by atoms with Crippen molar-refractivity contribution >= 4 is 28.2 Å². The van der Waals surface area contributed by atoms with E-state index in [2.05, 4.69) is 117 Å². The van der Waals surface area contributed by atoms with Crippen molar-refractivity contribution in [2.24, 2.45) is 0 Å². The highest BCUT2D eigenvalue weighted by Gasteiger charge is 2.46. The first-order valence-electron chi connectivity index (χ1n) is 10.0. The van der Waals surface area contributed by atoms with Gasteiger partial charge in [0.1, 0.15) is 7.05 Å². The van der Waals surface area contributed by atoms with Crippen molar-refractivity contribution in [2.45, 2.75) is 32.6 Å². The minimum Gasteiger partial charge on any atom is -0.198 e. The Morgan fingerprint density at radius 1 is 0.893 bits per heavy atom. The molecule has 0 radical (unpaired) electrons. The number of rotatable bonds is 4. The van der Waals surface area contributed by atoms with Gasteiger partial charge in [-0.05, 0) is 55.7 Å². The molecule has 3 aromatic carbocycles. The van der Waals surface area contributed by atoms with Crippen molar-refractivity contribution in [1.29, 1.82) is 0 Å². The standard InChI is InChI=1S/C27H28N/c1-20(2)18-19-27(3)25(17-14-21-10-6-5-7-11-21)28(4)24-16-15-22-12-8-9-13-23(22)26(24)27/h5-18H,19H2,1-4H3/q+1/b17-14+. The van der Waals surface area contributed by atoms with Gasteiger partial charge in [-0.15, -0.1) is 0 Å². The maximum Gasteiger partial charge on any atom is 0.210 e. The molecule has 3 aromatic rings. The second-order valence-electron chi connectivity index (χ2n) is 8.19. The predicted molar refractivity (Wildman–Crippen MR) is 122 cm³/mol. The highest BCUT2D eigenvalue weighted by Crippen LogP contribution is 2.46. The lowest BCUT2D eigenvalue weighted by molar-refractivity contribution is -0.401. The van der Waals surface area contributed by atoms with Gasteiger partial charge in [-0.25, -0.2) is 0 Å². The summed E-state index contributed by atoms with van der Waals surface area (Å²) in [4.78, 5) is 0. The van der Waals surface area contributed by atoms with Crippen molar-refractivity contribution in [3.8, 4) is 0 Å². The molecule has 0 aliphatic carbocycles. The molecule has 1 heteroatoms. The first-order valence-corrected chi connectivity index (χ1v) is 10.0. The van der Waals surface area contributed by atoms with Gasteiger partial charge in [-0.1, -0.05) is 66.2 Å². The molecular weight excluding hydrogens is 338 g/mol. The van der Waals surface area contributed by atoms with E-state index >= 15 is 0 Å². The van der Waals surface area contributed by atoms with Crippen LogP contribution < -0.4 is 0 Å². The maximum atomic E-state index is 2.39. The molecule has 4 rings (SSSR count). The predicted octanol–water partition coefficient (Wildman–Crippen LogP) is 6.90. The van der Waals surface area contributed by atoms with E-state index in [-0.39, 0.29) is 5.41 Å². The van der Waals surface area contributed by atoms with E-state index in [1.807, 2.05) is 0 Å². The van der Waals surface area contributed by atoms with Crippen molar-refractivity contribution < 1.29 is 4.58 Å². The fourth-order valence-corrected chi connectivity index (χ4v) is 4.40. The number of nitrogens with zero attached hydrogens (tertiary/aromatic N) is 1. The van der Waals surface area contributed by atoms with Crippen LogP contribution in [0.5, 0.6) is 0 Å². The summed E-state index contributed by atoms with van der Waals surface area (Å²) in [6.45, 7) is 6.77. The summed E-state index contributed by atoms with van der Waals surface area (Å²) in [5.74, 6) is 0. The Morgan fingerprint density at radius 2 is 1.61 bits per heavy atom. The molecule has 0 saturated heterocycles. The van der Waals surface area contributed by atoms with Crippen molar-refractivity contribution in [2.75, 3.05) is 7.05 Å². The highest BCUT2D eigenvalue weighted by molar-refractivity contribution is 6.09. The van der Waals surface area contributed by atoms with Crippen LogP contribution in [0.15, 0.2) is 84.5 Å². The summed E-state index contributed by atoms with van der Waals surface area (Å²) < 4.78 is 2.38. The Bertz CT molecular complexity index is 1110. The van der Waals surface area contributed by atoms with Gasteiger partial charge in [0.15, 0.2) is 5.71 Å². The van der Waals surface area contributed by atoms with Gasteiger partial charge >= 0.3 is 0 Å². The molecule has 0 spiro atoms. The molecule has 0 fully saturated rings. The van der Waals surface area contributed by atoms with Crippen LogP contribution in [-0.2, 0) is 5.41 Å². The highest BCUT2D eigenvalue weighted by atomic mass is 15.0. The third kappa shape index (κ3) is 3.11. The Labute approximate surface area is 168 Å². The molecule has 0 bridgehead atoms. The second-order valence-corrected chi connectivity index (χ2v) is 8.19. The molecule has 1 aliphatic heterocycles. The van der Waals surface area contributed by atoms with Crippen LogP contribution in [0.2, 0.25) is 0 Å². The van der Waals surface area contributed by atoms with E-state index in [9.17, 15) is 0 Å². The molecule has 1 unspecified atom stereocenters. The lowest BCUT2D eigenvalue weighted by atomic mass is 9.74. The summed E-state index contributed by atoms with van der Waals surface area (Å²) in [5, 5.41) is 2.67. The maximum absolute atomic E-state index is 2.39. The molecule has 1 atom stereocenters.